The Morgan fingerprint density at radius 2 is 1.82 bits per heavy atom. The number of quaternary nitrogens is 1. The zero-order chi connectivity index (χ0) is 27.9. The number of aromatic nitrogens is 1. The molecule has 2 fully saturated rings. The van der Waals surface area contributed by atoms with Crippen molar-refractivity contribution in [2.24, 2.45) is 13.0 Å². The van der Waals surface area contributed by atoms with Gasteiger partial charge in [-0.15, -0.1) is 0 Å². The van der Waals surface area contributed by atoms with Crippen molar-refractivity contribution in [1.82, 2.24) is 4.57 Å². The van der Waals surface area contributed by atoms with Gasteiger partial charge in [-0.1, -0.05) is 29.3 Å². The molecular formula is C29H31Cl2FN3O4+. The van der Waals surface area contributed by atoms with Crippen LogP contribution in [0.3, 0.4) is 0 Å². The Kier molecular flexibility index (Phi) is 7.75. The second kappa shape index (κ2) is 10.9. The number of rotatable bonds is 9. The highest BCUT2D eigenvalue weighted by Gasteiger charge is 2.38. The molecule has 0 spiro atoms. The summed E-state index contributed by atoms with van der Waals surface area (Å²) in [6.45, 7) is 0.786. The topological polar surface area (TPSA) is 99.4 Å². The first-order valence-electron chi connectivity index (χ1n) is 13.0. The van der Waals surface area contributed by atoms with Crippen molar-refractivity contribution >= 4 is 57.2 Å². The number of fused-ring (bicyclic) bond motifs is 1. The van der Waals surface area contributed by atoms with Crippen LogP contribution >= 0.6 is 23.2 Å². The van der Waals surface area contributed by atoms with Gasteiger partial charge in [-0.25, -0.2) is 9.18 Å². The van der Waals surface area contributed by atoms with E-state index in [0.717, 1.165) is 24.0 Å². The molecule has 10 heteroatoms. The smallest absolute Gasteiger partial charge is 0.337 e. The molecule has 0 unspecified atom stereocenters. The zero-order valence-electron chi connectivity index (χ0n) is 21.7. The summed E-state index contributed by atoms with van der Waals surface area (Å²) < 4.78 is 23.4. The zero-order valence-corrected chi connectivity index (χ0v) is 23.2. The molecule has 206 valence electrons. The van der Waals surface area contributed by atoms with E-state index in [9.17, 15) is 14.7 Å². The van der Waals surface area contributed by atoms with Crippen LogP contribution in [0.5, 0.6) is 0 Å². The van der Waals surface area contributed by atoms with Gasteiger partial charge in [0.05, 0.1) is 45.5 Å². The molecular weight excluding hydrogens is 544 g/mol. The molecule has 2 aromatic carbocycles. The first kappa shape index (κ1) is 27.6. The molecule has 1 aliphatic carbocycles. The van der Waals surface area contributed by atoms with Crippen LogP contribution in [0.4, 0.5) is 10.1 Å². The first-order valence-corrected chi connectivity index (χ1v) is 13.7. The maximum Gasteiger partial charge on any atom is 0.337 e. The molecule has 0 radical (unpaired) electrons. The number of aryl methyl sites for hydroxylation is 1. The standard InChI is InChI=1S/C29H30Cl2FN3O4/c1-34-14-20(28(37)38)19-8-7-18(13-24(19)34)35-11-9-29(32,10-12-35)16-39-15-21(27(36)17-5-6-17)26(33)25-22(30)3-2-4-23(25)31/h2-4,7-8,13-14,17H,5-6,9-12,15-16,33H2,1H3,(H,37,38)/p+1. The second-order valence-electron chi connectivity index (χ2n) is 10.5. The van der Waals surface area contributed by atoms with Gasteiger partial charge in [0.25, 0.3) is 0 Å². The molecule has 5 rings (SSSR count). The number of halogens is 3. The predicted octanol–water partition coefficient (Wildman–Crippen LogP) is 5.14. The van der Waals surface area contributed by atoms with Crippen molar-refractivity contribution in [3.63, 3.8) is 0 Å². The third kappa shape index (κ3) is 5.70. The first-order chi connectivity index (χ1) is 18.6. The highest BCUT2D eigenvalue weighted by Crippen LogP contribution is 2.37. The maximum absolute atomic E-state index is 15.8. The number of Topliss-reactive ketones (excluding diaryl/α,β-unsaturated/α-hetero) is 1. The fraction of sp³-hybridized carbons (Fsp3) is 0.379. The number of carbonyl (C=O) groups excluding carboxylic acids is 1. The van der Waals surface area contributed by atoms with Crippen LogP contribution in [0.15, 0.2) is 48.2 Å². The molecule has 0 bridgehead atoms. The molecule has 1 saturated heterocycles. The molecule has 1 aliphatic heterocycles. The number of anilines is 1. The van der Waals surface area contributed by atoms with Crippen molar-refractivity contribution in [3.05, 3.63) is 69.3 Å². The summed E-state index contributed by atoms with van der Waals surface area (Å²) in [5.41, 5.74) is 5.88. The van der Waals surface area contributed by atoms with Crippen LogP contribution < -0.4 is 10.6 Å². The Hall–Kier alpha value is -2.91. The van der Waals surface area contributed by atoms with Crippen molar-refractivity contribution < 1.29 is 29.6 Å². The quantitative estimate of drug-likeness (QED) is 0.345. The number of carboxylic acid groups (broad SMARTS) is 1. The normalized spacial score (nSPS) is 17.8. The molecule has 39 heavy (non-hydrogen) atoms. The molecule has 1 aromatic heterocycles. The van der Waals surface area contributed by atoms with Gasteiger partial charge in [0, 0.05) is 56.2 Å². The number of carbonyl (C=O) groups is 2. The van der Waals surface area contributed by atoms with Gasteiger partial charge < -0.3 is 25.0 Å². The van der Waals surface area contributed by atoms with E-state index in [0.29, 0.717) is 45.4 Å². The Labute approximate surface area is 235 Å². The lowest BCUT2D eigenvalue weighted by Crippen LogP contribution is -2.49. The van der Waals surface area contributed by atoms with Crippen LogP contribution in [0.2, 0.25) is 10.0 Å². The average Bonchev–Trinajstić information content (AvgIpc) is 3.70. The van der Waals surface area contributed by atoms with Gasteiger partial charge >= 0.3 is 5.97 Å². The summed E-state index contributed by atoms with van der Waals surface area (Å²) in [7, 11) is 1.81. The number of ether oxygens (including phenoxy) is 1. The average molecular weight is 575 g/mol. The minimum absolute atomic E-state index is 0.0409. The largest absolute Gasteiger partial charge is 0.478 e. The summed E-state index contributed by atoms with van der Waals surface area (Å²) in [6.07, 6.45) is 3.77. The van der Waals surface area contributed by atoms with Gasteiger partial charge in [0.2, 0.25) is 0 Å². The minimum atomic E-state index is -1.53. The van der Waals surface area contributed by atoms with Crippen molar-refractivity contribution in [1.29, 1.82) is 0 Å². The Balaban J connectivity index is 1.25. The SMILES string of the molecule is Cn1cc(C(=O)O)c2ccc(N3CCC(F)(COCC(C(=O)C4CC4)=C([NH3+])c4c(Cl)cccc4Cl)CC3)cc21. The lowest BCUT2D eigenvalue weighted by Gasteiger charge is -2.37. The van der Waals surface area contributed by atoms with Gasteiger partial charge in [-0.3, -0.25) is 4.79 Å². The lowest BCUT2D eigenvalue weighted by atomic mass is 9.93. The van der Waals surface area contributed by atoms with E-state index >= 15 is 4.39 Å². The van der Waals surface area contributed by atoms with Gasteiger partial charge in [0.1, 0.15) is 11.4 Å². The molecule has 2 aliphatic rings. The monoisotopic (exact) mass is 574 g/mol. The Bertz CT molecular complexity index is 1450. The Morgan fingerprint density at radius 3 is 2.44 bits per heavy atom. The van der Waals surface area contributed by atoms with Crippen LogP contribution in [-0.2, 0) is 16.6 Å². The van der Waals surface area contributed by atoms with Crippen molar-refractivity contribution in [3.8, 4) is 0 Å². The van der Waals surface area contributed by atoms with Crippen LogP contribution in [0, 0.1) is 5.92 Å². The van der Waals surface area contributed by atoms with Gasteiger partial charge in [-0.05, 0) is 43.2 Å². The molecule has 2 heterocycles. The summed E-state index contributed by atoms with van der Waals surface area (Å²) in [5.74, 6) is -1.07. The highest BCUT2D eigenvalue weighted by molar-refractivity contribution is 6.37. The highest BCUT2D eigenvalue weighted by atomic mass is 35.5. The number of benzene rings is 2. The predicted molar refractivity (Wildman–Crippen MR) is 150 cm³/mol. The van der Waals surface area contributed by atoms with E-state index in [4.69, 9.17) is 27.9 Å². The third-order valence-corrected chi connectivity index (χ3v) is 8.34. The number of nitrogens with zero attached hydrogens (tertiary/aromatic N) is 2. The molecule has 1 saturated carbocycles. The second-order valence-corrected chi connectivity index (χ2v) is 11.3. The lowest BCUT2D eigenvalue weighted by molar-refractivity contribution is -0.245. The van der Waals surface area contributed by atoms with Crippen LogP contribution in [0.25, 0.3) is 16.6 Å². The van der Waals surface area contributed by atoms with E-state index in [1.165, 1.54) is 0 Å². The number of hydrogen-bond acceptors (Lipinski definition) is 4. The third-order valence-electron chi connectivity index (χ3n) is 7.71. The van der Waals surface area contributed by atoms with E-state index < -0.39 is 11.6 Å². The van der Waals surface area contributed by atoms with Crippen molar-refractivity contribution in [2.75, 3.05) is 31.2 Å². The summed E-state index contributed by atoms with van der Waals surface area (Å²) in [5, 5.41) is 10.9. The summed E-state index contributed by atoms with van der Waals surface area (Å²) >= 11 is 12.7. The number of aromatic carboxylic acids is 1. The molecule has 7 nitrogen and oxygen atoms in total. The fourth-order valence-electron chi connectivity index (χ4n) is 5.22. The van der Waals surface area contributed by atoms with Gasteiger partial charge in [0.15, 0.2) is 5.78 Å². The van der Waals surface area contributed by atoms with Crippen molar-refractivity contribution in [2.45, 2.75) is 31.4 Å². The van der Waals surface area contributed by atoms with E-state index in [1.54, 1.807) is 35.0 Å². The Morgan fingerprint density at radius 1 is 1.15 bits per heavy atom. The summed E-state index contributed by atoms with van der Waals surface area (Å²) in [4.78, 5) is 26.7. The molecule has 4 N–H and O–H groups in total. The fourth-order valence-corrected chi connectivity index (χ4v) is 5.85. The van der Waals surface area contributed by atoms with E-state index in [1.807, 2.05) is 19.2 Å². The molecule has 3 aromatic rings. The molecule has 0 atom stereocenters. The number of carboxylic acids is 1. The van der Waals surface area contributed by atoms with Crippen LogP contribution in [-0.4, -0.2) is 53.4 Å². The minimum Gasteiger partial charge on any atom is -0.478 e. The van der Waals surface area contributed by atoms with Crippen LogP contribution in [0.1, 0.15) is 41.6 Å². The molecule has 0 amide bonds. The van der Waals surface area contributed by atoms with E-state index in [-0.39, 0.29) is 43.3 Å². The number of piperidine rings is 1. The number of alkyl halides is 1. The number of hydrogen-bond donors (Lipinski definition) is 2. The maximum atomic E-state index is 15.8. The summed E-state index contributed by atoms with van der Waals surface area (Å²) in [6, 6.07) is 10.7. The number of ketones is 1. The van der Waals surface area contributed by atoms with Gasteiger partial charge in [-0.2, -0.15) is 0 Å². The van der Waals surface area contributed by atoms with E-state index in [2.05, 4.69) is 10.6 Å².